The van der Waals surface area contributed by atoms with E-state index in [-0.39, 0.29) is 5.60 Å². The van der Waals surface area contributed by atoms with Gasteiger partial charge in [-0.25, -0.2) is 0 Å². The van der Waals surface area contributed by atoms with Gasteiger partial charge in [-0.15, -0.1) is 0 Å². The highest BCUT2D eigenvalue weighted by atomic mass is 16.5. The first-order valence-electron chi connectivity index (χ1n) is 8.17. The van der Waals surface area contributed by atoms with E-state index < -0.39 is 5.60 Å². The lowest BCUT2D eigenvalue weighted by molar-refractivity contribution is -0.0638. The molecular formula is C16H32N2O2. The van der Waals surface area contributed by atoms with Crippen molar-refractivity contribution in [3.63, 3.8) is 0 Å². The molecule has 20 heavy (non-hydrogen) atoms. The van der Waals surface area contributed by atoms with E-state index in [1.165, 1.54) is 44.9 Å². The van der Waals surface area contributed by atoms with Crippen molar-refractivity contribution in [1.82, 2.24) is 10.2 Å². The van der Waals surface area contributed by atoms with Crippen LogP contribution in [0.3, 0.4) is 0 Å². The van der Waals surface area contributed by atoms with Crippen molar-refractivity contribution in [3.05, 3.63) is 0 Å². The van der Waals surface area contributed by atoms with Gasteiger partial charge in [0.05, 0.1) is 17.3 Å². The topological polar surface area (TPSA) is 44.7 Å². The maximum absolute atomic E-state index is 10.3. The fourth-order valence-electron chi connectivity index (χ4n) is 3.84. The molecule has 0 amide bonds. The van der Waals surface area contributed by atoms with E-state index in [2.05, 4.69) is 5.32 Å². The van der Waals surface area contributed by atoms with Gasteiger partial charge in [0.2, 0.25) is 0 Å². The summed E-state index contributed by atoms with van der Waals surface area (Å²) in [6.07, 6.45) is 9.28. The lowest BCUT2D eigenvalue weighted by Gasteiger charge is -2.33. The molecule has 0 aromatic carbocycles. The molecule has 0 aromatic rings. The highest BCUT2D eigenvalue weighted by Crippen LogP contribution is 2.41. The smallest absolute Gasteiger partial charge is 0.0869 e. The second-order valence-electron chi connectivity index (χ2n) is 7.39. The second-order valence-corrected chi connectivity index (χ2v) is 7.39. The van der Waals surface area contributed by atoms with Crippen LogP contribution in [-0.2, 0) is 4.74 Å². The Morgan fingerprint density at radius 2 is 1.95 bits per heavy atom. The van der Waals surface area contributed by atoms with Crippen LogP contribution in [0, 0.1) is 0 Å². The molecule has 2 N–H and O–H groups in total. The van der Waals surface area contributed by atoms with Crippen molar-refractivity contribution < 1.29 is 9.84 Å². The molecule has 2 unspecified atom stereocenters. The Labute approximate surface area is 123 Å². The van der Waals surface area contributed by atoms with Crippen LogP contribution in [0.4, 0.5) is 0 Å². The molecule has 1 spiro atoms. The summed E-state index contributed by atoms with van der Waals surface area (Å²) >= 11 is 0. The normalized spacial score (nSPS) is 28.9. The van der Waals surface area contributed by atoms with E-state index in [4.69, 9.17) is 4.74 Å². The molecule has 0 bridgehead atoms. The van der Waals surface area contributed by atoms with Crippen molar-refractivity contribution in [1.29, 1.82) is 0 Å². The Hall–Kier alpha value is -0.160. The summed E-state index contributed by atoms with van der Waals surface area (Å²) in [5.41, 5.74) is -0.471. The molecule has 1 saturated heterocycles. The highest BCUT2D eigenvalue weighted by molar-refractivity contribution is 4.92. The summed E-state index contributed by atoms with van der Waals surface area (Å²) < 4.78 is 6.33. The summed E-state index contributed by atoms with van der Waals surface area (Å²) in [5.74, 6) is 0. The lowest BCUT2D eigenvalue weighted by Crippen LogP contribution is -2.47. The second kappa shape index (κ2) is 6.73. The van der Waals surface area contributed by atoms with Crippen LogP contribution < -0.4 is 5.32 Å². The van der Waals surface area contributed by atoms with Gasteiger partial charge in [0, 0.05) is 19.6 Å². The minimum Gasteiger partial charge on any atom is -0.388 e. The molecule has 0 aromatic heterocycles. The van der Waals surface area contributed by atoms with Crippen molar-refractivity contribution in [2.45, 2.75) is 69.2 Å². The molecule has 1 heterocycles. The van der Waals surface area contributed by atoms with Gasteiger partial charge >= 0.3 is 0 Å². The van der Waals surface area contributed by atoms with E-state index in [0.717, 1.165) is 6.54 Å². The average Bonchev–Trinajstić information content (AvgIpc) is 2.71. The largest absolute Gasteiger partial charge is 0.388 e. The van der Waals surface area contributed by atoms with E-state index in [0.29, 0.717) is 19.2 Å². The first kappa shape index (κ1) is 16.2. The van der Waals surface area contributed by atoms with E-state index >= 15 is 0 Å². The predicted octanol–water partition coefficient (Wildman–Crippen LogP) is 1.77. The van der Waals surface area contributed by atoms with Gasteiger partial charge in [-0.05, 0) is 46.7 Å². The number of ether oxygens (including phenoxy) is 1. The standard InChI is InChI=1S/C16H32N2O2/c1-15(19,13-18(2)3)12-17-11-14-7-10-16(20-14)8-5-4-6-9-16/h14,17,19H,4-13H2,1-3H3. The summed E-state index contributed by atoms with van der Waals surface area (Å²) in [5, 5.41) is 13.6. The molecule has 2 fully saturated rings. The number of hydrogen-bond donors (Lipinski definition) is 2. The zero-order valence-corrected chi connectivity index (χ0v) is 13.5. The van der Waals surface area contributed by atoms with E-state index in [1.807, 2.05) is 25.9 Å². The third kappa shape index (κ3) is 4.69. The summed E-state index contributed by atoms with van der Waals surface area (Å²) in [7, 11) is 3.97. The van der Waals surface area contributed by atoms with Crippen LogP contribution in [0.15, 0.2) is 0 Å². The molecule has 1 aliphatic heterocycles. The Kier molecular flexibility index (Phi) is 5.46. The van der Waals surface area contributed by atoms with Crippen LogP contribution in [0.25, 0.3) is 0 Å². The number of aliphatic hydroxyl groups is 1. The van der Waals surface area contributed by atoms with Gasteiger partial charge in [0.25, 0.3) is 0 Å². The molecule has 4 heteroatoms. The van der Waals surface area contributed by atoms with Crippen molar-refractivity contribution in [3.8, 4) is 0 Å². The first-order chi connectivity index (χ1) is 9.41. The van der Waals surface area contributed by atoms with Gasteiger partial charge in [-0.1, -0.05) is 19.3 Å². The number of nitrogens with one attached hydrogen (secondary N) is 1. The zero-order chi connectivity index (χ0) is 14.6. The van der Waals surface area contributed by atoms with Crippen molar-refractivity contribution in [2.24, 2.45) is 0 Å². The molecular weight excluding hydrogens is 252 g/mol. The molecule has 0 radical (unpaired) electrons. The molecule has 2 rings (SSSR count). The average molecular weight is 284 g/mol. The summed E-state index contributed by atoms with van der Waals surface area (Å²) in [6, 6.07) is 0. The molecule has 2 aliphatic rings. The Morgan fingerprint density at radius 1 is 1.25 bits per heavy atom. The van der Waals surface area contributed by atoms with E-state index in [9.17, 15) is 5.11 Å². The molecule has 118 valence electrons. The van der Waals surface area contributed by atoms with Gasteiger partial charge in [0.1, 0.15) is 0 Å². The predicted molar refractivity (Wildman–Crippen MR) is 82.0 cm³/mol. The SMILES string of the molecule is CN(C)CC(C)(O)CNCC1CCC2(CCCCC2)O1. The first-order valence-corrected chi connectivity index (χ1v) is 8.17. The van der Waals surface area contributed by atoms with Crippen LogP contribution in [0.2, 0.25) is 0 Å². The third-order valence-electron chi connectivity index (χ3n) is 4.64. The van der Waals surface area contributed by atoms with Gasteiger partial charge < -0.3 is 20.1 Å². The Balaban J connectivity index is 1.68. The molecule has 1 aliphatic carbocycles. The fourth-order valence-corrected chi connectivity index (χ4v) is 3.84. The van der Waals surface area contributed by atoms with Gasteiger partial charge in [-0.3, -0.25) is 0 Å². The molecule has 2 atom stereocenters. The number of likely N-dealkylation sites (N-methyl/N-ethyl adjacent to an activating group) is 1. The maximum Gasteiger partial charge on any atom is 0.0869 e. The van der Waals surface area contributed by atoms with Crippen LogP contribution in [0.1, 0.15) is 51.9 Å². The Bertz CT molecular complexity index is 299. The summed E-state index contributed by atoms with van der Waals surface area (Å²) in [6.45, 7) is 4.05. The van der Waals surface area contributed by atoms with E-state index in [1.54, 1.807) is 0 Å². The Morgan fingerprint density at radius 3 is 2.60 bits per heavy atom. The van der Waals surface area contributed by atoms with Crippen LogP contribution in [-0.4, -0.2) is 61.0 Å². The lowest BCUT2D eigenvalue weighted by atomic mass is 9.83. The monoisotopic (exact) mass is 284 g/mol. The van der Waals surface area contributed by atoms with Gasteiger partial charge in [0.15, 0.2) is 0 Å². The summed E-state index contributed by atoms with van der Waals surface area (Å²) in [4.78, 5) is 2.02. The molecule has 4 nitrogen and oxygen atoms in total. The molecule has 1 saturated carbocycles. The highest BCUT2D eigenvalue weighted by Gasteiger charge is 2.40. The van der Waals surface area contributed by atoms with Gasteiger partial charge in [-0.2, -0.15) is 0 Å². The number of nitrogens with zero attached hydrogens (tertiary/aromatic N) is 1. The third-order valence-corrected chi connectivity index (χ3v) is 4.64. The van der Waals surface area contributed by atoms with Crippen LogP contribution in [0.5, 0.6) is 0 Å². The fraction of sp³-hybridized carbons (Fsp3) is 1.00. The van der Waals surface area contributed by atoms with Crippen molar-refractivity contribution >= 4 is 0 Å². The zero-order valence-electron chi connectivity index (χ0n) is 13.5. The number of rotatable bonds is 6. The number of hydrogen-bond acceptors (Lipinski definition) is 4. The minimum absolute atomic E-state index is 0.205. The maximum atomic E-state index is 10.3. The minimum atomic E-state index is -0.676. The van der Waals surface area contributed by atoms with Crippen molar-refractivity contribution in [2.75, 3.05) is 33.7 Å². The van der Waals surface area contributed by atoms with Crippen LogP contribution >= 0.6 is 0 Å². The quantitative estimate of drug-likeness (QED) is 0.780.